The first-order chi connectivity index (χ1) is 17.8. The van der Waals surface area contributed by atoms with Gasteiger partial charge in [0.25, 0.3) is 5.56 Å². The molecular weight excluding hydrogens is 533 g/mol. The summed E-state index contributed by atoms with van der Waals surface area (Å²) in [5.41, 5.74) is 2.21. The summed E-state index contributed by atoms with van der Waals surface area (Å²) >= 11 is 0. The minimum atomic E-state index is -3.79. The molecule has 0 amide bonds. The van der Waals surface area contributed by atoms with Gasteiger partial charge < -0.3 is 19.2 Å². The number of hydrogen-bond acceptors (Lipinski definition) is 6. The van der Waals surface area contributed by atoms with E-state index in [1.165, 1.54) is 4.31 Å². The highest BCUT2D eigenvalue weighted by Crippen LogP contribution is 2.32. The molecular formula is C26H37ClFN5O4S. The fourth-order valence-electron chi connectivity index (χ4n) is 4.78. The Labute approximate surface area is 229 Å². The molecule has 38 heavy (non-hydrogen) atoms. The van der Waals surface area contributed by atoms with Gasteiger partial charge in [-0.05, 0) is 43.0 Å². The summed E-state index contributed by atoms with van der Waals surface area (Å²) < 4.78 is 48.8. The van der Waals surface area contributed by atoms with E-state index >= 15 is 0 Å². The lowest BCUT2D eigenvalue weighted by Gasteiger charge is -2.33. The number of H-pyrrole nitrogens is 1. The van der Waals surface area contributed by atoms with Crippen LogP contribution in [0.2, 0.25) is 0 Å². The van der Waals surface area contributed by atoms with E-state index in [-0.39, 0.29) is 35.4 Å². The number of aryl methyl sites for hydroxylation is 2. The second-order valence-electron chi connectivity index (χ2n) is 9.42. The number of fused-ring (bicyclic) bond motifs is 1. The Kier molecular flexibility index (Phi) is 10.3. The quantitative estimate of drug-likeness (QED) is 0.377. The molecule has 0 atom stereocenters. The van der Waals surface area contributed by atoms with Crippen molar-refractivity contribution in [3.63, 3.8) is 0 Å². The van der Waals surface area contributed by atoms with Crippen LogP contribution in [0.3, 0.4) is 0 Å². The number of nitrogens with one attached hydrogen (secondary N) is 1. The summed E-state index contributed by atoms with van der Waals surface area (Å²) in [4.78, 5) is 22.9. The third-order valence-electron chi connectivity index (χ3n) is 6.67. The molecule has 1 fully saturated rings. The molecule has 3 heterocycles. The largest absolute Gasteiger partial charge is 0.493 e. The lowest BCUT2D eigenvalue weighted by molar-refractivity contribution is 0.182. The highest BCUT2D eigenvalue weighted by atomic mass is 35.5. The number of aromatic amines is 1. The van der Waals surface area contributed by atoms with Crippen LogP contribution in [0.4, 0.5) is 4.39 Å². The van der Waals surface area contributed by atoms with E-state index in [2.05, 4.69) is 16.8 Å². The van der Waals surface area contributed by atoms with Crippen LogP contribution in [0.5, 0.6) is 5.75 Å². The topological polar surface area (TPSA) is 101 Å². The van der Waals surface area contributed by atoms with Crippen molar-refractivity contribution in [2.45, 2.75) is 44.4 Å². The summed E-state index contributed by atoms with van der Waals surface area (Å²) in [6, 6.07) is 4.72. The van der Waals surface area contributed by atoms with Crippen molar-refractivity contribution in [2.75, 3.05) is 46.0 Å². The average Bonchev–Trinajstić information content (AvgIpc) is 3.21. The number of piperazine rings is 1. The summed E-state index contributed by atoms with van der Waals surface area (Å²) in [6.45, 7) is 6.54. The molecule has 4 rings (SSSR count). The van der Waals surface area contributed by atoms with Gasteiger partial charge in [-0.2, -0.15) is 4.31 Å². The summed E-state index contributed by atoms with van der Waals surface area (Å²) in [5.74, 6) is 0.743. The van der Waals surface area contributed by atoms with Gasteiger partial charge in [0.2, 0.25) is 10.0 Å². The maximum absolute atomic E-state index is 13.5. The molecule has 1 aliphatic rings. The molecule has 0 aliphatic carbocycles. The van der Waals surface area contributed by atoms with Crippen molar-refractivity contribution >= 4 is 33.5 Å². The molecule has 1 N–H and O–H groups in total. The minimum absolute atomic E-state index is 0. The third-order valence-corrected chi connectivity index (χ3v) is 8.56. The molecule has 9 nitrogen and oxygen atoms in total. The first-order valence-electron chi connectivity index (χ1n) is 12.9. The zero-order chi connectivity index (χ0) is 26.6. The Balaban J connectivity index is 0.00000400. The normalized spacial score (nSPS) is 15.1. The Bertz CT molecular complexity index is 1400. The number of sulfonamides is 1. The van der Waals surface area contributed by atoms with Gasteiger partial charge in [-0.25, -0.2) is 13.4 Å². The van der Waals surface area contributed by atoms with Crippen LogP contribution in [-0.4, -0.2) is 78.2 Å². The molecule has 12 heteroatoms. The van der Waals surface area contributed by atoms with E-state index in [1.807, 2.05) is 20.2 Å². The molecule has 1 aliphatic heterocycles. The number of aromatic nitrogens is 3. The van der Waals surface area contributed by atoms with Crippen molar-refractivity contribution in [3.8, 4) is 17.1 Å². The first kappa shape index (κ1) is 30.1. The summed E-state index contributed by atoms with van der Waals surface area (Å²) in [5, 5.41) is 0. The highest BCUT2D eigenvalue weighted by Gasteiger charge is 2.29. The first-order valence-corrected chi connectivity index (χ1v) is 14.4. The van der Waals surface area contributed by atoms with Crippen molar-refractivity contribution in [3.05, 3.63) is 40.3 Å². The van der Waals surface area contributed by atoms with E-state index in [4.69, 9.17) is 9.72 Å². The minimum Gasteiger partial charge on any atom is -0.493 e. The number of benzene rings is 1. The second-order valence-corrected chi connectivity index (χ2v) is 11.4. The molecule has 0 unspecified atom stereocenters. The van der Waals surface area contributed by atoms with E-state index in [0.717, 1.165) is 24.8 Å². The van der Waals surface area contributed by atoms with Crippen molar-refractivity contribution in [1.29, 1.82) is 0 Å². The van der Waals surface area contributed by atoms with Gasteiger partial charge in [0.05, 0.1) is 29.3 Å². The van der Waals surface area contributed by atoms with Crippen LogP contribution in [0.15, 0.2) is 34.1 Å². The van der Waals surface area contributed by atoms with E-state index in [1.54, 1.807) is 22.8 Å². The second kappa shape index (κ2) is 13.1. The maximum Gasteiger partial charge on any atom is 0.275 e. The van der Waals surface area contributed by atoms with Gasteiger partial charge >= 0.3 is 0 Å². The predicted octanol–water partition coefficient (Wildman–Crippen LogP) is 3.76. The summed E-state index contributed by atoms with van der Waals surface area (Å²) in [7, 11) is -1.97. The van der Waals surface area contributed by atoms with Gasteiger partial charge in [0.1, 0.15) is 17.1 Å². The Morgan fingerprint density at radius 1 is 1.13 bits per heavy atom. The van der Waals surface area contributed by atoms with Crippen LogP contribution < -0.4 is 10.3 Å². The molecule has 0 bridgehead atoms. The van der Waals surface area contributed by atoms with Gasteiger partial charge in [-0.1, -0.05) is 20.3 Å². The Morgan fingerprint density at radius 2 is 1.87 bits per heavy atom. The molecule has 0 saturated carbocycles. The molecule has 0 spiro atoms. The lowest BCUT2D eigenvalue weighted by Crippen LogP contribution is -2.48. The van der Waals surface area contributed by atoms with Crippen molar-refractivity contribution < 1.29 is 17.5 Å². The van der Waals surface area contributed by atoms with Crippen molar-refractivity contribution in [1.82, 2.24) is 23.7 Å². The Morgan fingerprint density at radius 3 is 2.53 bits per heavy atom. The fraction of sp³-hybridized carbons (Fsp3) is 0.538. The van der Waals surface area contributed by atoms with E-state index in [9.17, 15) is 17.6 Å². The zero-order valence-corrected chi connectivity index (χ0v) is 23.8. The van der Waals surface area contributed by atoms with Crippen LogP contribution >= 0.6 is 12.4 Å². The van der Waals surface area contributed by atoms with E-state index in [0.29, 0.717) is 68.1 Å². The van der Waals surface area contributed by atoms with E-state index < -0.39 is 10.0 Å². The fourth-order valence-corrected chi connectivity index (χ4v) is 6.22. The molecule has 0 radical (unpaired) electrons. The molecule has 210 valence electrons. The van der Waals surface area contributed by atoms with Crippen LogP contribution in [-0.2, 0) is 23.5 Å². The Hall–Kier alpha value is -2.47. The lowest BCUT2D eigenvalue weighted by atomic mass is 10.1. The van der Waals surface area contributed by atoms with Gasteiger partial charge in [0.15, 0.2) is 0 Å². The number of alkyl halides is 1. The van der Waals surface area contributed by atoms with Crippen molar-refractivity contribution in [2.24, 2.45) is 7.05 Å². The van der Waals surface area contributed by atoms with Gasteiger partial charge in [0, 0.05) is 46.0 Å². The van der Waals surface area contributed by atoms with Crippen LogP contribution in [0.25, 0.3) is 22.4 Å². The highest BCUT2D eigenvalue weighted by molar-refractivity contribution is 7.89. The molecule has 1 aromatic carbocycles. The van der Waals surface area contributed by atoms with Gasteiger partial charge in [-0.3, -0.25) is 9.18 Å². The monoisotopic (exact) mass is 569 g/mol. The number of rotatable bonds is 11. The average molecular weight is 570 g/mol. The number of ether oxygens (including phenoxy) is 1. The standard InChI is InChI=1S/C26H36FN5O4S.ClH/c1-4-7-19-18-30(3)24-23(19)28-25(29-26(24)33)21-17-20(8-9-22(21)36-16-5-2)37(34,35)32-14-12-31(13-15-32)11-6-10-27;/h8-9,17-18H,4-7,10-16H2,1-3H3,(H,28,29,33);1H. The number of halogens is 2. The number of nitrogens with zero attached hydrogens (tertiary/aromatic N) is 4. The summed E-state index contributed by atoms with van der Waals surface area (Å²) in [6.07, 6.45) is 4.82. The smallest absolute Gasteiger partial charge is 0.275 e. The van der Waals surface area contributed by atoms with Crippen LogP contribution in [0.1, 0.15) is 38.7 Å². The van der Waals surface area contributed by atoms with Gasteiger partial charge in [-0.15, -0.1) is 12.4 Å². The SMILES string of the molecule is CCCOc1ccc(S(=O)(=O)N2CCN(CCCF)CC2)cc1-c1nc2c(CCC)cn(C)c2c(=O)[nH]1.Cl. The third kappa shape index (κ3) is 6.22. The van der Waals surface area contributed by atoms with Crippen LogP contribution in [0, 0.1) is 0 Å². The maximum atomic E-state index is 13.5. The molecule has 2 aromatic heterocycles. The molecule has 3 aromatic rings. The zero-order valence-electron chi connectivity index (χ0n) is 22.2. The number of hydrogen-bond donors (Lipinski definition) is 1. The molecule has 1 saturated heterocycles. The predicted molar refractivity (Wildman–Crippen MR) is 150 cm³/mol.